The van der Waals surface area contributed by atoms with Crippen LogP contribution in [0.4, 0.5) is 4.79 Å². The highest BCUT2D eigenvalue weighted by Gasteiger charge is 2.24. The predicted molar refractivity (Wildman–Crippen MR) is 80.2 cm³/mol. The van der Waals surface area contributed by atoms with Crippen LogP contribution >= 0.6 is 0 Å². The lowest BCUT2D eigenvalue weighted by molar-refractivity contribution is -0.137. The number of likely N-dealkylation sites (tertiary alicyclic amines) is 2. The Morgan fingerprint density at radius 3 is 2.38 bits per heavy atom. The molecule has 2 heterocycles. The number of amides is 2. The van der Waals surface area contributed by atoms with Crippen molar-refractivity contribution in [3.05, 3.63) is 0 Å². The van der Waals surface area contributed by atoms with Gasteiger partial charge in [0.2, 0.25) is 0 Å². The third-order valence-electron chi connectivity index (χ3n) is 4.46. The fraction of sp³-hybridized carbons (Fsp3) is 0.867. The van der Waals surface area contributed by atoms with Gasteiger partial charge >= 0.3 is 12.0 Å². The molecule has 2 fully saturated rings. The second-order valence-electron chi connectivity index (χ2n) is 6.17. The Bertz CT molecular complexity index is 348. The molecule has 2 aliphatic heterocycles. The molecule has 0 aliphatic carbocycles. The van der Waals surface area contributed by atoms with Gasteiger partial charge in [0.25, 0.3) is 0 Å². The molecule has 0 unspecified atom stereocenters. The van der Waals surface area contributed by atoms with Gasteiger partial charge in [0.1, 0.15) is 0 Å². The molecule has 0 spiro atoms. The number of urea groups is 1. The maximum atomic E-state index is 12.0. The van der Waals surface area contributed by atoms with E-state index in [2.05, 4.69) is 10.2 Å². The third kappa shape index (κ3) is 5.53. The molecule has 2 rings (SSSR count). The van der Waals surface area contributed by atoms with E-state index >= 15 is 0 Å². The maximum absolute atomic E-state index is 12.0. The molecule has 0 saturated carbocycles. The number of hydrogen-bond donors (Lipinski definition) is 2. The Morgan fingerprint density at radius 2 is 1.76 bits per heavy atom. The van der Waals surface area contributed by atoms with Gasteiger partial charge in [0.15, 0.2) is 0 Å². The van der Waals surface area contributed by atoms with Gasteiger partial charge in [-0.3, -0.25) is 4.79 Å². The average Bonchev–Trinajstić information content (AvgIpc) is 2.97. The summed E-state index contributed by atoms with van der Waals surface area (Å²) >= 11 is 0. The molecule has 0 aromatic carbocycles. The molecule has 0 atom stereocenters. The van der Waals surface area contributed by atoms with Crippen molar-refractivity contribution in [1.29, 1.82) is 0 Å². The van der Waals surface area contributed by atoms with Crippen molar-refractivity contribution in [2.75, 3.05) is 39.3 Å². The number of rotatable bonds is 6. The van der Waals surface area contributed by atoms with E-state index in [1.807, 2.05) is 4.90 Å². The fourth-order valence-corrected chi connectivity index (χ4v) is 3.20. The third-order valence-corrected chi connectivity index (χ3v) is 4.46. The van der Waals surface area contributed by atoms with Gasteiger partial charge in [-0.1, -0.05) is 0 Å². The lowest BCUT2D eigenvalue weighted by Gasteiger charge is -2.33. The Kier molecular flexibility index (Phi) is 6.29. The summed E-state index contributed by atoms with van der Waals surface area (Å²) in [7, 11) is 0. The summed E-state index contributed by atoms with van der Waals surface area (Å²) < 4.78 is 0. The van der Waals surface area contributed by atoms with E-state index in [9.17, 15) is 9.59 Å². The van der Waals surface area contributed by atoms with E-state index < -0.39 is 5.97 Å². The Balaban J connectivity index is 1.59. The number of hydrogen-bond acceptors (Lipinski definition) is 3. The zero-order chi connectivity index (χ0) is 15.1. The minimum Gasteiger partial charge on any atom is -0.481 e. The van der Waals surface area contributed by atoms with Crippen LogP contribution in [0.2, 0.25) is 0 Å². The molecule has 2 N–H and O–H groups in total. The Hall–Kier alpha value is -1.30. The van der Waals surface area contributed by atoms with Crippen molar-refractivity contribution in [2.45, 2.75) is 38.5 Å². The maximum Gasteiger partial charge on any atom is 0.317 e. The van der Waals surface area contributed by atoms with E-state index in [-0.39, 0.29) is 12.5 Å². The molecule has 0 aromatic rings. The van der Waals surface area contributed by atoms with Crippen LogP contribution in [-0.4, -0.2) is 66.2 Å². The van der Waals surface area contributed by atoms with Crippen molar-refractivity contribution >= 4 is 12.0 Å². The Labute approximate surface area is 126 Å². The quantitative estimate of drug-likeness (QED) is 0.726. The van der Waals surface area contributed by atoms with Crippen LogP contribution in [0.1, 0.15) is 38.5 Å². The van der Waals surface area contributed by atoms with Gasteiger partial charge in [0.05, 0.1) is 0 Å². The molecule has 2 saturated heterocycles. The number of nitrogens with one attached hydrogen (secondary N) is 1. The minimum atomic E-state index is -0.813. The molecule has 2 aliphatic rings. The fourth-order valence-electron chi connectivity index (χ4n) is 3.20. The van der Waals surface area contributed by atoms with Crippen LogP contribution in [0.15, 0.2) is 0 Å². The van der Waals surface area contributed by atoms with Crippen LogP contribution in [-0.2, 0) is 4.79 Å². The van der Waals surface area contributed by atoms with E-state index in [1.54, 1.807) is 0 Å². The molecule has 0 radical (unpaired) electrons. The normalized spacial score (nSPS) is 20.7. The summed E-state index contributed by atoms with van der Waals surface area (Å²) in [5.41, 5.74) is 0. The van der Waals surface area contributed by atoms with Crippen molar-refractivity contribution in [3.8, 4) is 0 Å². The van der Waals surface area contributed by atoms with Crippen LogP contribution in [0.5, 0.6) is 0 Å². The summed E-state index contributed by atoms with van der Waals surface area (Å²) in [5.74, 6) is -0.0915. The summed E-state index contributed by atoms with van der Waals surface area (Å²) in [5, 5.41) is 11.4. The van der Waals surface area contributed by atoms with Gasteiger partial charge in [-0.2, -0.15) is 0 Å². The molecule has 120 valence electrons. The summed E-state index contributed by atoms with van der Waals surface area (Å²) in [6.07, 6.45) is 5.43. The zero-order valence-electron chi connectivity index (χ0n) is 12.7. The molecule has 6 nitrogen and oxygen atoms in total. The molecular weight excluding hydrogens is 270 g/mol. The van der Waals surface area contributed by atoms with Gasteiger partial charge in [-0.15, -0.1) is 0 Å². The van der Waals surface area contributed by atoms with E-state index in [0.29, 0.717) is 13.0 Å². The lowest BCUT2D eigenvalue weighted by Crippen LogP contribution is -2.46. The number of carbonyl (C=O) groups is 2. The van der Waals surface area contributed by atoms with E-state index in [0.717, 1.165) is 31.8 Å². The molecule has 21 heavy (non-hydrogen) atoms. The smallest absolute Gasteiger partial charge is 0.317 e. The second-order valence-corrected chi connectivity index (χ2v) is 6.17. The molecule has 0 bridgehead atoms. The Morgan fingerprint density at radius 1 is 1.10 bits per heavy atom. The predicted octanol–water partition coefficient (Wildman–Crippen LogP) is 1.37. The first-order valence-electron chi connectivity index (χ1n) is 8.12. The van der Waals surface area contributed by atoms with Crippen molar-refractivity contribution in [1.82, 2.24) is 15.1 Å². The van der Waals surface area contributed by atoms with E-state index in [1.165, 1.54) is 32.5 Å². The monoisotopic (exact) mass is 297 g/mol. The SMILES string of the molecule is O=C(O)CCCNC(=O)N1CCC(CN2CCCC2)CC1. The topological polar surface area (TPSA) is 72.9 Å². The largest absolute Gasteiger partial charge is 0.481 e. The van der Waals surface area contributed by atoms with Gasteiger partial charge in [-0.05, 0) is 51.1 Å². The summed E-state index contributed by atoms with van der Waals surface area (Å²) in [4.78, 5) is 26.8. The van der Waals surface area contributed by atoms with Crippen LogP contribution in [0.3, 0.4) is 0 Å². The van der Waals surface area contributed by atoms with Crippen LogP contribution < -0.4 is 5.32 Å². The summed E-state index contributed by atoms with van der Waals surface area (Å²) in [6, 6.07) is -0.0417. The zero-order valence-corrected chi connectivity index (χ0v) is 12.7. The lowest BCUT2D eigenvalue weighted by atomic mass is 9.96. The highest BCUT2D eigenvalue weighted by Crippen LogP contribution is 2.20. The van der Waals surface area contributed by atoms with Gasteiger partial charge in [0, 0.05) is 32.6 Å². The molecule has 0 aromatic heterocycles. The average molecular weight is 297 g/mol. The van der Waals surface area contributed by atoms with E-state index in [4.69, 9.17) is 5.11 Å². The van der Waals surface area contributed by atoms with Crippen LogP contribution in [0.25, 0.3) is 0 Å². The summed E-state index contributed by atoms with van der Waals surface area (Å²) in [6.45, 7) is 5.76. The van der Waals surface area contributed by atoms with Crippen LogP contribution in [0, 0.1) is 5.92 Å². The number of carbonyl (C=O) groups excluding carboxylic acids is 1. The number of piperidine rings is 1. The molecule has 6 heteroatoms. The van der Waals surface area contributed by atoms with Crippen molar-refractivity contribution < 1.29 is 14.7 Å². The highest BCUT2D eigenvalue weighted by atomic mass is 16.4. The first kappa shape index (κ1) is 16.1. The molecule has 2 amide bonds. The second kappa shape index (κ2) is 8.22. The minimum absolute atomic E-state index is 0.0417. The number of aliphatic carboxylic acids is 1. The standard InChI is InChI=1S/C15H27N3O3/c19-14(20)4-3-7-16-15(21)18-10-5-13(6-11-18)12-17-8-1-2-9-17/h13H,1-12H2,(H,16,21)(H,19,20). The number of carboxylic acid groups (broad SMARTS) is 1. The van der Waals surface area contributed by atoms with Gasteiger partial charge in [-0.25, -0.2) is 4.79 Å². The number of carboxylic acids is 1. The molecular formula is C15H27N3O3. The van der Waals surface area contributed by atoms with Crippen molar-refractivity contribution in [3.63, 3.8) is 0 Å². The first-order valence-corrected chi connectivity index (χ1v) is 8.12. The first-order chi connectivity index (χ1) is 10.1. The van der Waals surface area contributed by atoms with Crippen molar-refractivity contribution in [2.24, 2.45) is 5.92 Å². The van der Waals surface area contributed by atoms with Gasteiger partial charge < -0.3 is 20.2 Å². The number of nitrogens with zero attached hydrogens (tertiary/aromatic N) is 2. The highest BCUT2D eigenvalue weighted by molar-refractivity contribution is 5.74.